The number of phenolic OH excluding ortho intramolecular Hbond substituents is 1. The van der Waals surface area contributed by atoms with Gasteiger partial charge in [0.2, 0.25) is 6.29 Å². The lowest BCUT2D eigenvalue weighted by Crippen LogP contribution is -2.60. The van der Waals surface area contributed by atoms with Crippen LogP contribution in [-0.4, -0.2) is 70.8 Å². The second-order valence-corrected chi connectivity index (χ2v) is 6.78. The van der Waals surface area contributed by atoms with Crippen molar-refractivity contribution in [3.05, 3.63) is 16.7 Å². The lowest BCUT2D eigenvalue weighted by molar-refractivity contribution is -0.278. The van der Waals surface area contributed by atoms with Gasteiger partial charge in [0.15, 0.2) is 11.5 Å². The van der Waals surface area contributed by atoms with Gasteiger partial charge in [0, 0.05) is 18.6 Å². The molecule has 1 heterocycles. The van der Waals surface area contributed by atoms with Gasteiger partial charge in [-0.1, -0.05) is 24.9 Å². The van der Waals surface area contributed by atoms with E-state index in [2.05, 4.69) is 0 Å². The molecule has 2 rings (SSSR count). The molecule has 5 unspecified atom stereocenters. The zero-order valence-corrected chi connectivity index (χ0v) is 16.5. The molecule has 158 valence electrons. The number of aromatic hydroxyl groups is 1. The molecule has 0 saturated carbocycles. The molecule has 0 spiro atoms. The van der Waals surface area contributed by atoms with Crippen molar-refractivity contribution in [2.24, 2.45) is 0 Å². The van der Waals surface area contributed by atoms with E-state index in [9.17, 15) is 25.2 Å². The quantitative estimate of drug-likeness (QED) is 0.471. The van der Waals surface area contributed by atoms with Gasteiger partial charge in [-0.15, -0.1) is 0 Å². The smallest absolute Gasteiger partial charge is 0.302 e. The summed E-state index contributed by atoms with van der Waals surface area (Å²) in [5.74, 6) is -0.675. The van der Waals surface area contributed by atoms with Crippen molar-refractivity contribution in [3.8, 4) is 17.2 Å². The van der Waals surface area contributed by atoms with E-state index in [0.29, 0.717) is 18.4 Å². The van der Waals surface area contributed by atoms with Gasteiger partial charge in [-0.05, 0) is 6.42 Å². The maximum atomic E-state index is 11.0. The summed E-state index contributed by atoms with van der Waals surface area (Å²) in [5.41, 5.74) is 0.439. The molecule has 0 radical (unpaired) electrons. The number of ether oxygens (including phenoxy) is 4. The second-order valence-electron chi connectivity index (χ2n) is 6.40. The summed E-state index contributed by atoms with van der Waals surface area (Å²) < 4.78 is 21.1. The van der Waals surface area contributed by atoms with Crippen molar-refractivity contribution in [1.82, 2.24) is 0 Å². The third-order valence-corrected chi connectivity index (χ3v) is 4.74. The van der Waals surface area contributed by atoms with Crippen LogP contribution in [0.5, 0.6) is 17.2 Å². The Balaban J connectivity index is 2.32. The van der Waals surface area contributed by atoms with Gasteiger partial charge < -0.3 is 39.4 Å². The second kappa shape index (κ2) is 9.62. The van der Waals surface area contributed by atoms with Crippen LogP contribution < -0.4 is 9.47 Å². The summed E-state index contributed by atoms with van der Waals surface area (Å²) in [6.07, 6.45) is -6.24. The summed E-state index contributed by atoms with van der Waals surface area (Å²) in [7, 11) is 1.41. The molecule has 9 nitrogen and oxygen atoms in total. The van der Waals surface area contributed by atoms with Crippen molar-refractivity contribution in [2.45, 2.75) is 57.4 Å². The SMILES string of the molecule is CCCc1c(Cl)c(OC)cc(O)c1OC1OC(COC(C)=O)C(O)C(O)C1O. The first-order valence-electron chi connectivity index (χ1n) is 8.79. The van der Waals surface area contributed by atoms with Crippen molar-refractivity contribution in [3.63, 3.8) is 0 Å². The van der Waals surface area contributed by atoms with E-state index >= 15 is 0 Å². The molecule has 1 fully saturated rings. The number of aliphatic hydroxyl groups is 3. The minimum Gasteiger partial charge on any atom is -0.504 e. The Morgan fingerprint density at radius 2 is 1.93 bits per heavy atom. The van der Waals surface area contributed by atoms with Gasteiger partial charge in [0.1, 0.15) is 36.8 Å². The van der Waals surface area contributed by atoms with E-state index in [1.54, 1.807) is 0 Å². The van der Waals surface area contributed by atoms with Gasteiger partial charge in [0.05, 0.1) is 12.1 Å². The van der Waals surface area contributed by atoms with Crippen LogP contribution in [0.1, 0.15) is 25.8 Å². The summed E-state index contributed by atoms with van der Waals surface area (Å²) in [4.78, 5) is 11.0. The minimum absolute atomic E-state index is 0.0356. The maximum absolute atomic E-state index is 11.0. The van der Waals surface area contributed by atoms with Gasteiger partial charge in [0.25, 0.3) is 0 Å². The third kappa shape index (κ3) is 4.79. The topological polar surface area (TPSA) is 135 Å². The van der Waals surface area contributed by atoms with Crippen LogP contribution in [0, 0.1) is 0 Å². The van der Waals surface area contributed by atoms with Gasteiger partial charge in [-0.3, -0.25) is 4.79 Å². The maximum Gasteiger partial charge on any atom is 0.302 e. The predicted octanol–water partition coefficient (Wildman–Crippen LogP) is 0.756. The van der Waals surface area contributed by atoms with Crippen LogP contribution in [0.3, 0.4) is 0 Å². The average molecular weight is 421 g/mol. The first kappa shape index (κ1) is 22.5. The fraction of sp³-hybridized carbons (Fsp3) is 0.611. The largest absolute Gasteiger partial charge is 0.504 e. The van der Waals surface area contributed by atoms with Crippen LogP contribution in [0.25, 0.3) is 0 Å². The summed E-state index contributed by atoms with van der Waals surface area (Å²) >= 11 is 6.32. The highest BCUT2D eigenvalue weighted by Crippen LogP contribution is 2.43. The van der Waals surface area contributed by atoms with E-state index in [0.717, 1.165) is 0 Å². The Bertz CT molecular complexity index is 696. The first-order valence-corrected chi connectivity index (χ1v) is 9.17. The van der Waals surface area contributed by atoms with Crippen LogP contribution in [0.4, 0.5) is 0 Å². The summed E-state index contributed by atoms with van der Waals surface area (Å²) in [6, 6.07) is 1.26. The summed E-state index contributed by atoms with van der Waals surface area (Å²) in [5, 5.41) is 41.0. The Hall–Kier alpha value is -1.78. The molecule has 1 saturated heterocycles. The van der Waals surface area contributed by atoms with E-state index < -0.39 is 36.7 Å². The van der Waals surface area contributed by atoms with Crippen LogP contribution in [-0.2, 0) is 20.7 Å². The highest BCUT2D eigenvalue weighted by atomic mass is 35.5. The molecular weight excluding hydrogens is 396 g/mol. The summed E-state index contributed by atoms with van der Waals surface area (Å²) in [6.45, 7) is 2.73. The van der Waals surface area contributed by atoms with Gasteiger partial charge in [-0.2, -0.15) is 0 Å². The number of halogens is 1. The van der Waals surface area contributed by atoms with Crippen molar-refractivity contribution in [1.29, 1.82) is 0 Å². The molecule has 0 amide bonds. The lowest BCUT2D eigenvalue weighted by Gasteiger charge is -2.40. The number of benzene rings is 1. The van der Waals surface area contributed by atoms with Crippen molar-refractivity contribution >= 4 is 17.6 Å². The Labute approximate surface area is 167 Å². The number of rotatable bonds is 7. The molecule has 1 aliphatic rings. The molecule has 1 aliphatic heterocycles. The number of hydrogen-bond acceptors (Lipinski definition) is 9. The molecule has 4 N–H and O–H groups in total. The standard InChI is InChI=1S/C18H25ClO9/c1-4-5-9-13(19)11(25-3)6-10(21)17(9)28-18-16(24)15(23)14(22)12(27-18)7-26-8(2)20/h6,12,14-16,18,21-24H,4-5,7H2,1-3H3. The van der Waals surface area contributed by atoms with E-state index in [4.69, 9.17) is 30.5 Å². The fourth-order valence-electron chi connectivity index (χ4n) is 2.88. The van der Waals surface area contributed by atoms with E-state index in [1.807, 2.05) is 6.92 Å². The van der Waals surface area contributed by atoms with Crippen molar-refractivity contribution < 1.29 is 44.2 Å². The number of carbonyl (C=O) groups is 1. The van der Waals surface area contributed by atoms with Crippen LogP contribution in [0.15, 0.2) is 6.07 Å². The first-order chi connectivity index (χ1) is 13.2. The Kier molecular flexibility index (Phi) is 7.73. The highest BCUT2D eigenvalue weighted by Gasteiger charge is 2.46. The molecule has 1 aromatic rings. The van der Waals surface area contributed by atoms with Crippen LogP contribution >= 0.6 is 11.6 Å². The van der Waals surface area contributed by atoms with Gasteiger partial charge >= 0.3 is 5.97 Å². The average Bonchev–Trinajstić information content (AvgIpc) is 2.66. The van der Waals surface area contributed by atoms with E-state index in [1.165, 1.54) is 20.1 Å². The minimum atomic E-state index is -1.63. The number of hydrogen-bond donors (Lipinski definition) is 4. The zero-order chi connectivity index (χ0) is 21.0. The number of carbonyl (C=O) groups excluding carboxylic acids is 1. The van der Waals surface area contributed by atoms with Crippen molar-refractivity contribution in [2.75, 3.05) is 13.7 Å². The predicted molar refractivity (Wildman–Crippen MR) is 97.6 cm³/mol. The Morgan fingerprint density at radius 3 is 2.50 bits per heavy atom. The number of phenols is 1. The van der Waals surface area contributed by atoms with E-state index in [-0.39, 0.29) is 28.9 Å². The molecule has 1 aromatic carbocycles. The molecule has 0 aliphatic carbocycles. The fourth-order valence-corrected chi connectivity index (χ4v) is 3.19. The van der Waals surface area contributed by atoms with Crippen LogP contribution in [0.2, 0.25) is 5.02 Å². The normalized spacial score (nSPS) is 27.3. The Morgan fingerprint density at radius 1 is 1.25 bits per heavy atom. The molecule has 0 bridgehead atoms. The van der Waals surface area contributed by atoms with Gasteiger partial charge in [-0.25, -0.2) is 0 Å². The molecule has 10 heteroatoms. The zero-order valence-electron chi connectivity index (χ0n) is 15.8. The monoisotopic (exact) mass is 420 g/mol. The molecular formula is C18H25ClO9. The molecule has 28 heavy (non-hydrogen) atoms. The number of aliphatic hydroxyl groups excluding tert-OH is 3. The number of esters is 1. The highest BCUT2D eigenvalue weighted by molar-refractivity contribution is 6.33. The lowest BCUT2D eigenvalue weighted by atomic mass is 9.99. The third-order valence-electron chi connectivity index (χ3n) is 4.33. The molecule has 0 aromatic heterocycles. The number of methoxy groups -OCH3 is 1. The molecule has 5 atom stereocenters.